The van der Waals surface area contributed by atoms with Gasteiger partial charge in [0.15, 0.2) is 0 Å². The van der Waals surface area contributed by atoms with Crippen molar-refractivity contribution in [2.75, 3.05) is 0 Å². The number of rotatable bonds is 6. The summed E-state index contributed by atoms with van der Waals surface area (Å²) < 4.78 is 0. The second kappa shape index (κ2) is 9.94. The monoisotopic (exact) mass is 482 g/mol. The van der Waals surface area contributed by atoms with Gasteiger partial charge in [-0.2, -0.15) is 0 Å². The number of thioether (sulfide) groups is 2. The molecular formula is C28H34O3S2. The van der Waals surface area contributed by atoms with E-state index in [1.54, 1.807) is 0 Å². The lowest BCUT2D eigenvalue weighted by Gasteiger charge is -2.23. The number of hydrogen-bond donors (Lipinski definition) is 3. The summed E-state index contributed by atoms with van der Waals surface area (Å²) in [4.78, 5) is 1.65. The van der Waals surface area contributed by atoms with Gasteiger partial charge in [0.05, 0.1) is 0 Å². The van der Waals surface area contributed by atoms with Crippen LogP contribution < -0.4 is 0 Å². The molecule has 0 saturated carbocycles. The minimum Gasteiger partial charge on any atom is -0.507 e. The molecule has 33 heavy (non-hydrogen) atoms. The molecule has 3 N–H and O–H groups in total. The molecular weight excluding hydrogens is 448 g/mol. The smallest absolute Gasteiger partial charge is 0.132 e. The van der Waals surface area contributed by atoms with Gasteiger partial charge in [0.25, 0.3) is 0 Å². The van der Waals surface area contributed by atoms with Crippen LogP contribution in [0.5, 0.6) is 17.2 Å². The van der Waals surface area contributed by atoms with E-state index in [1.165, 1.54) is 23.5 Å². The van der Waals surface area contributed by atoms with Crippen LogP contribution in [0.2, 0.25) is 0 Å². The van der Waals surface area contributed by atoms with Crippen molar-refractivity contribution in [2.45, 2.75) is 75.2 Å². The highest BCUT2D eigenvalue weighted by molar-refractivity contribution is 7.99. The third-order valence-electron chi connectivity index (χ3n) is 5.72. The summed E-state index contributed by atoms with van der Waals surface area (Å²) in [6, 6.07) is 12.0. The Morgan fingerprint density at radius 3 is 1.36 bits per heavy atom. The van der Waals surface area contributed by atoms with Crippen molar-refractivity contribution in [2.24, 2.45) is 0 Å². The Labute approximate surface area is 206 Å². The first-order chi connectivity index (χ1) is 15.4. The lowest BCUT2D eigenvalue weighted by atomic mass is 9.85. The van der Waals surface area contributed by atoms with E-state index in [2.05, 4.69) is 32.9 Å². The van der Waals surface area contributed by atoms with E-state index in [-0.39, 0.29) is 11.2 Å². The number of phenolic OH excluding ortho intramolecular Hbond substituents is 3. The van der Waals surface area contributed by atoms with Gasteiger partial charge in [-0.25, -0.2) is 0 Å². The largest absolute Gasteiger partial charge is 0.507 e. The average Bonchev–Trinajstić information content (AvgIpc) is 2.71. The van der Waals surface area contributed by atoms with Crippen molar-refractivity contribution in [1.82, 2.24) is 0 Å². The maximum Gasteiger partial charge on any atom is 0.132 e. The molecule has 0 saturated heterocycles. The minimum absolute atomic E-state index is 0.0728. The van der Waals surface area contributed by atoms with Crippen LogP contribution in [0.1, 0.15) is 59.7 Å². The predicted octanol–water partition coefficient (Wildman–Crippen LogP) is 7.92. The van der Waals surface area contributed by atoms with E-state index in [0.717, 1.165) is 48.7 Å². The highest BCUT2D eigenvalue weighted by Crippen LogP contribution is 2.41. The molecule has 0 aliphatic rings. The molecule has 0 bridgehead atoms. The average molecular weight is 483 g/mol. The van der Waals surface area contributed by atoms with E-state index in [1.807, 2.05) is 52.0 Å². The minimum atomic E-state index is -0.0728. The molecule has 3 nitrogen and oxygen atoms in total. The molecule has 0 amide bonds. The number of phenols is 3. The van der Waals surface area contributed by atoms with E-state index >= 15 is 0 Å². The van der Waals surface area contributed by atoms with Crippen LogP contribution in [0, 0.1) is 27.7 Å². The van der Waals surface area contributed by atoms with Gasteiger partial charge in [0.1, 0.15) is 17.2 Å². The predicted molar refractivity (Wildman–Crippen MR) is 141 cm³/mol. The molecule has 0 aromatic heterocycles. The van der Waals surface area contributed by atoms with Gasteiger partial charge in [-0.3, -0.25) is 0 Å². The number of aromatic hydroxyl groups is 3. The zero-order valence-electron chi connectivity index (χ0n) is 20.5. The summed E-state index contributed by atoms with van der Waals surface area (Å²) in [5.41, 5.74) is 6.71. The summed E-state index contributed by atoms with van der Waals surface area (Å²) >= 11 is 3.07. The maximum absolute atomic E-state index is 11.1. The molecule has 3 aromatic carbocycles. The molecule has 0 atom stereocenters. The Bertz CT molecular complexity index is 1090. The fourth-order valence-corrected chi connectivity index (χ4v) is 5.98. The van der Waals surface area contributed by atoms with Crippen LogP contribution in [-0.4, -0.2) is 15.3 Å². The van der Waals surface area contributed by atoms with Crippen LogP contribution in [-0.2, 0) is 16.9 Å². The van der Waals surface area contributed by atoms with Crippen LogP contribution in [0.4, 0.5) is 0 Å². The van der Waals surface area contributed by atoms with Crippen LogP contribution >= 0.6 is 23.5 Å². The van der Waals surface area contributed by atoms with Crippen molar-refractivity contribution in [3.63, 3.8) is 0 Å². The molecule has 0 spiro atoms. The first-order valence-corrected chi connectivity index (χ1v) is 13.0. The quantitative estimate of drug-likeness (QED) is 0.312. The first kappa shape index (κ1) is 25.4. The number of aryl methyl sites for hydroxylation is 4. The van der Waals surface area contributed by atoms with Crippen LogP contribution in [0.15, 0.2) is 46.2 Å². The van der Waals surface area contributed by atoms with Crippen molar-refractivity contribution in [3.05, 3.63) is 75.3 Å². The second-order valence-electron chi connectivity index (χ2n) is 9.83. The number of benzene rings is 3. The summed E-state index contributed by atoms with van der Waals surface area (Å²) in [5, 5.41) is 32.1. The summed E-state index contributed by atoms with van der Waals surface area (Å²) in [6.45, 7) is 14.3. The molecule has 0 radical (unpaired) electrons. The van der Waals surface area contributed by atoms with Crippen molar-refractivity contribution >= 4 is 23.5 Å². The Hall–Kier alpha value is -2.24. The van der Waals surface area contributed by atoms with Gasteiger partial charge in [-0.1, -0.05) is 45.0 Å². The van der Waals surface area contributed by atoms with Gasteiger partial charge in [-0.15, -0.1) is 23.5 Å². The van der Waals surface area contributed by atoms with Gasteiger partial charge in [0.2, 0.25) is 0 Å². The van der Waals surface area contributed by atoms with Gasteiger partial charge in [-0.05, 0) is 73.1 Å². The highest BCUT2D eigenvalue weighted by atomic mass is 32.2. The molecule has 0 unspecified atom stereocenters. The Morgan fingerprint density at radius 1 is 0.606 bits per heavy atom. The van der Waals surface area contributed by atoms with Crippen LogP contribution in [0.25, 0.3) is 0 Å². The Morgan fingerprint density at radius 2 is 1.00 bits per heavy atom. The highest BCUT2D eigenvalue weighted by Gasteiger charge is 2.20. The molecule has 0 heterocycles. The van der Waals surface area contributed by atoms with E-state index < -0.39 is 0 Å². The topological polar surface area (TPSA) is 60.7 Å². The first-order valence-electron chi connectivity index (χ1n) is 11.1. The summed E-state index contributed by atoms with van der Waals surface area (Å²) in [5.74, 6) is 2.00. The molecule has 176 valence electrons. The van der Waals surface area contributed by atoms with E-state index in [9.17, 15) is 15.3 Å². The lowest BCUT2D eigenvalue weighted by Crippen LogP contribution is -2.12. The molecule has 0 aliphatic carbocycles. The molecule has 0 fully saturated rings. The maximum atomic E-state index is 11.1. The fraction of sp³-hybridized carbons (Fsp3) is 0.357. The third kappa shape index (κ3) is 6.01. The standard InChI is InChI=1S/C28H34O3S2/c1-16-8-18(3)25(29)23(10-16)32-14-20-12-22(28(5,6)7)13-21(27(20)31)15-33-24-11-17(2)9-19(4)26(24)30/h8-13,29-31H,14-15H2,1-7H3. The Kier molecular flexibility index (Phi) is 7.65. The molecule has 3 rings (SSSR count). The third-order valence-corrected chi connectivity index (χ3v) is 7.87. The van der Waals surface area contributed by atoms with Crippen LogP contribution in [0.3, 0.4) is 0 Å². The van der Waals surface area contributed by atoms with Crippen molar-refractivity contribution in [1.29, 1.82) is 0 Å². The van der Waals surface area contributed by atoms with Crippen molar-refractivity contribution < 1.29 is 15.3 Å². The molecule has 0 aliphatic heterocycles. The van der Waals surface area contributed by atoms with Gasteiger partial charge in [0, 0.05) is 32.4 Å². The normalized spacial score (nSPS) is 11.7. The fourth-order valence-electron chi connectivity index (χ4n) is 3.79. The van der Waals surface area contributed by atoms with Gasteiger partial charge >= 0.3 is 0 Å². The molecule has 3 aromatic rings. The van der Waals surface area contributed by atoms with E-state index in [0.29, 0.717) is 23.0 Å². The lowest BCUT2D eigenvalue weighted by molar-refractivity contribution is 0.457. The second-order valence-corrected chi connectivity index (χ2v) is 11.9. The summed E-state index contributed by atoms with van der Waals surface area (Å²) in [6.07, 6.45) is 0. The zero-order chi connectivity index (χ0) is 24.5. The van der Waals surface area contributed by atoms with Crippen molar-refractivity contribution in [3.8, 4) is 17.2 Å². The summed E-state index contributed by atoms with van der Waals surface area (Å²) in [7, 11) is 0. The van der Waals surface area contributed by atoms with E-state index in [4.69, 9.17) is 0 Å². The Balaban J connectivity index is 1.93. The van der Waals surface area contributed by atoms with Gasteiger partial charge < -0.3 is 15.3 Å². The SMILES string of the molecule is Cc1cc(C)c(O)c(SCc2cc(C(C)(C)C)cc(CSc3cc(C)cc(C)c3O)c2O)c1. The molecule has 5 heteroatoms. The zero-order valence-corrected chi connectivity index (χ0v) is 22.2. The number of hydrogen-bond acceptors (Lipinski definition) is 5.